The summed E-state index contributed by atoms with van der Waals surface area (Å²) in [5, 5.41) is 14.2. The second-order valence-corrected chi connectivity index (χ2v) is 7.83. The Balaban J connectivity index is 1.67. The number of amides is 2. The molecule has 11 heteroatoms. The van der Waals surface area contributed by atoms with E-state index in [2.05, 4.69) is 5.32 Å². The maximum Gasteiger partial charge on any atom is 0.277 e. The van der Waals surface area contributed by atoms with E-state index in [0.717, 1.165) is 31.4 Å². The molecule has 2 aromatic rings. The minimum Gasteiger partial charge on any atom is -0.502 e. The molecule has 2 N–H and O–H groups in total. The lowest BCUT2D eigenvalue weighted by molar-refractivity contribution is 0.0671. The van der Waals surface area contributed by atoms with Crippen molar-refractivity contribution in [2.24, 2.45) is 0 Å². The minimum absolute atomic E-state index is 0.207. The number of hydrogen-bond acceptors (Lipinski definition) is 5. The summed E-state index contributed by atoms with van der Waals surface area (Å²) in [6.45, 7) is 0.755. The Morgan fingerprint density at radius 3 is 2.68 bits per heavy atom. The van der Waals surface area contributed by atoms with E-state index in [1.807, 2.05) is 0 Å². The van der Waals surface area contributed by atoms with Crippen molar-refractivity contribution in [2.45, 2.75) is 25.8 Å². The Bertz CT molecular complexity index is 1140. The molecule has 31 heavy (non-hydrogen) atoms. The van der Waals surface area contributed by atoms with Gasteiger partial charge in [0.1, 0.15) is 23.9 Å². The summed E-state index contributed by atoms with van der Waals surface area (Å²) in [7, 11) is 0. The maximum atomic E-state index is 14.1. The molecular weight excluding hydrogens is 434 g/mol. The average molecular weight is 453 g/mol. The molecule has 2 amide bonds. The molecule has 0 aliphatic carbocycles. The highest BCUT2D eigenvalue weighted by molar-refractivity contribution is 6.30. The number of halogens is 3. The molecule has 2 bridgehead atoms. The fraction of sp³-hybridized carbons (Fsp3) is 0.350. The van der Waals surface area contributed by atoms with Crippen molar-refractivity contribution in [1.82, 2.24) is 14.9 Å². The van der Waals surface area contributed by atoms with Gasteiger partial charge in [0.05, 0.1) is 5.02 Å². The number of rotatable bonds is 3. The zero-order valence-electron chi connectivity index (χ0n) is 16.3. The second-order valence-electron chi connectivity index (χ2n) is 7.42. The molecule has 1 aromatic carbocycles. The molecule has 2 aliphatic rings. The molecule has 2 aliphatic heterocycles. The largest absolute Gasteiger partial charge is 0.502 e. The predicted molar refractivity (Wildman–Crippen MR) is 108 cm³/mol. The monoisotopic (exact) mass is 452 g/mol. The molecule has 8 nitrogen and oxygen atoms in total. The Kier molecular flexibility index (Phi) is 5.57. The Hall–Kier alpha value is -3.14. The lowest BCUT2D eigenvalue weighted by Gasteiger charge is -2.41. The van der Waals surface area contributed by atoms with Crippen molar-refractivity contribution in [1.29, 1.82) is 0 Å². The summed E-state index contributed by atoms with van der Waals surface area (Å²) < 4.78 is 29.3. The van der Waals surface area contributed by atoms with Gasteiger partial charge in [-0.25, -0.2) is 8.78 Å². The maximum absolute atomic E-state index is 14.1. The van der Waals surface area contributed by atoms with E-state index in [-0.39, 0.29) is 17.4 Å². The van der Waals surface area contributed by atoms with E-state index in [0.29, 0.717) is 13.1 Å². The molecule has 0 unspecified atom stereocenters. The molecule has 0 spiro atoms. The second kappa shape index (κ2) is 8.18. The van der Waals surface area contributed by atoms with Gasteiger partial charge in [0.2, 0.25) is 5.43 Å². The van der Waals surface area contributed by atoms with Crippen LogP contribution in [0.3, 0.4) is 0 Å². The van der Waals surface area contributed by atoms with Crippen molar-refractivity contribution in [3.63, 3.8) is 0 Å². The van der Waals surface area contributed by atoms with E-state index in [4.69, 9.17) is 11.6 Å². The molecule has 3 heterocycles. The fourth-order valence-electron chi connectivity index (χ4n) is 3.77. The third-order valence-corrected chi connectivity index (χ3v) is 5.74. The topological polar surface area (TPSA) is 94.9 Å². The third kappa shape index (κ3) is 3.71. The van der Waals surface area contributed by atoms with Crippen molar-refractivity contribution in [2.75, 3.05) is 24.8 Å². The highest BCUT2D eigenvalue weighted by Crippen LogP contribution is 2.24. The van der Waals surface area contributed by atoms with E-state index >= 15 is 0 Å². The number of carbonyl (C=O) groups excluding carboxylic acids is 2. The van der Waals surface area contributed by atoms with Crippen molar-refractivity contribution in [3.8, 4) is 5.75 Å². The Morgan fingerprint density at radius 2 is 1.90 bits per heavy atom. The van der Waals surface area contributed by atoms with Gasteiger partial charge < -0.3 is 15.3 Å². The molecular formula is C20H19ClF2N4O4. The van der Waals surface area contributed by atoms with Crippen molar-refractivity contribution in [3.05, 3.63) is 62.0 Å². The van der Waals surface area contributed by atoms with Crippen molar-refractivity contribution >= 4 is 23.4 Å². The van der Waals surface area contributed by atoms with Crippen LogP contribution in [0.1, 0.15) is 45.7 Å². The highest BCUT2D eigenvalue weighted by atomic mass is 35.5. The van der Waals surface area contributed by atoms with Gasteiger partial charge >= 0.3 is 0 Å². The van der Waals surface area contributed by atoms with Crippen LogP contribution in [0.25, 0.3) is 0 Å². The van der Waals surface area contributed by atoms with Gasteiger partial charge in [-0.2, -0.15) is 0 Å². The number of benzene rings is 1. The summed E-state index contributed by atoms with van der Waals surface area (Å²) in [5.74, 6) is -4.20. The zero-order valence-corrected chi connectivity index (χ0v) is 17.1. The van der Waals surface area contributed by atoms with Crippen LogP contribution in [0.4, 0.5) is 8.78 Å². The van der Waals surface area contributed by atoms with Crippen LogP contribution in [0, 0.1) is 11.6 Å². The lowest BCUT2D eigenvalue weighted by atomic mass is 10.1. The lowest BCUT2D eigenvalue weighted by Crippen LogP contribution is -2.55. The number of nitrogens with zero attached hydrogens (tertiary/aromatic N) is 3. The van der Waals surface area contributed by atoms with Crippen LogP contribution in [0.2, 0.25) is 5.02 Å². The van der Waals surface area contributed by atoms with Gasteiger partial charge in [0.25, 0.3) is 11.8 Å². The molecule has 0 saturated carbocycles. The Morgan fingerprint density at radius 1 is 1.16 bits per heavy atom. The minimum atomic E-state index is -1.04. The van der Waals surface area contributed by atoms with Crippen LogP contribution in [-0.4, -0.2) is 46.3 Å². The summed E-state index contributed by atoms with van der Waals surface area (Å²) in [4.78, 5) is 39.5. The summed E-state index contributed by atoms with van der Waals surface area (Å²) in [6, 6.07) is 2.01. The van der Waals surface area contributed by atoms with Gasteiger partial charge in [-0.1, -0.05) is 11.6 Å². The SMILES string of the molecule is O=C(NCc1c(F)ccc(Cl)c1F)c1cn2c(c(O)c1=O)C(=O)N1CCCCCN2C1. The van der Waals surface area contributed by atoms with Gasteiger partial charge in [0, 0.05) is 31.4 Å². The zero-order chi connectivity index (χ0) is 22.3. The van der Waals surface area contributed by atoms with E-state index in [1.165, 1.54) is 15.8 Å². The molecule has 1 fully saturated rings. The van der Waals surface area contributed by atoms with Gasteiger partial charge in [-0.3, -0.25) is 24.1 Å². The van der Waals surface area contributed by atoms with E-state index in [1.54, 1.807) is 5.01 Å². The number of aromatic hydroxyl groups is 1. The highest BCUT2D eigenvalue weighted by Gasteiger charge is 2.34. The third-order valence-electron chi connectivity index (χ3n) is 5.45. The smallest absolute Gasteiger partial charge is 0.277 e. The normalized spacial score (nSPS) is 15.9. The molecule has 0 atom stereocenters. The first-order chi connectivity index (χ1) is 14.8. The fourth-order valence-corrected chi connectivity index (χ4v) is 3.95. The molecule has 1 aromatic heterocycles. The summed E-state index contributed by atoms with van der Waals surface area (Å²) >= 11 is 5.65. The quantitative estimate of drug-likeness (QED) is 0.694. The number of carbonyl (C=O) groups is 2. The van der Waals surface area contributed by atoms with Gasteiger partial charge in [0.15, 0.2) is 11.4 Å². The van der Waals surface area contributed by atoms with Crippen molar-refractivity contribution < 1.29 is 23.5 Å². The molecule has 0 radical (unpaired) electrons. The number of hydrogen-bond donors (Lipinski definition) is 2. The van der Waals surface area contributed by atoms with Crippen LogP contribution >= 0.6 is 11.6 Å². The van der Waals surface area contributed by atoms with Crippen LogP contribution < -0.4 is 15.8 Å². The number of pyridine rings is 1. The first kappa shape index (κ1) is 21.1. The number of aromatic nitrogens is 1. The standard InChI is InChI=1S/C20H19ClF2N4O4/c21-13-4-5-14(22)11(15(13)23)8-24-19(30)12-9-27-16(18(29)17(12)28)20(31)25-6-2-1-3-7-26(27)10-25/h4-5,9,29H,1-3,6-8,10H2,(H,24,30). The molecule has 1 saturated heterocycles. The van der Waals surface area contributed by atoms with E-state index < -0.39 is 52.3 Å². The van der Waals surface area contributed by atoms with Crippen LogP contribution in [0.15, 0.2) is 23.1 Å². The number of fused-ring (bicyclic) bond motifs is 4. The van der Waals surface area contributed by atoms with Gasteiger partial charge in [-0.15, -0.1) is 0 Å². The first-order valence-electron chi connectivity index (χ1n) is 9.73. The summed E-state index contributed by atoms with van der Waals surface area (Å²) in [5.41, 5.74) is -2.16. The predicted octanol–water partition coefficient (Wildman–Crippen LogP) is 1.95. The Labute approximate surface area is 180 Å². The molecule has 4 rings (SSSR count). The van der Waals surface area contributed by atoms with Crippen LogP contribution in [0.5, 0.6) is 5.75 Å². The first-order valence-corrected chi connectivity index (χ1v) is 10.1. The van der Waals surface area contributed by atoms with Crippen LogP contribution in [-0.2, 0) is 6.54 Å². The molecule has 164 valence electrons. The number of nitrogens with one attached hydrogen (secondary N) is 1. The van der Waals surface area contributed by atoms with E-state index in [9.17, 15) is 28.3 Å². The summed E-state index contributed by atoms with van der Waals surface area (Å²) in [6.07, 6.45) is 3.74. The average Bonchev–Trinajstić information content (AvgIpc) is 2.72. The van der Waals surface area contributed by atoms with Gasteiger partial charge in [-0.05, 0) is 31.4 Å².